The van der Waals surface area contributed by atoms with E-state index < -0.39 is 0 Å². The van der Waals surface area contributed by atoms with Crippen LogP contribution in [0, 0.1) is 13.8 Å². The first-order chi connectivity index (χ1) is 15.5. The summed E-state index contributed by atoms with van der Waals surface area (Å²) in [5.74, 6) is -0.0465. The number of rotatable bonds is 6. The second kappa shape index (κ2) is 9.73. The Hall–Kier alpha value is -3.54. The van der Waals surface area contributed by atoms with Crippen LogP contribution in [0.1, 0.15) is 28.2 Å². The number of carbonyl (C=O) groups is 2. The maximum Gasteiger partial charge on any atom is 0.253 e. The van der Waals surface area contributed by atoms with Crippen molar-refractivity contribution in [2.24, 2.45) is 0 Å². The van der Waals surface area contributed by atoms with E-state index in [0.29, 0.717) is 31.6 Å². The molecule has 0 unspecified atom stereocenters. The van der Waals surface area contributed by atoms with E-state index in [0.717, 1.165) is 30.2 Å². The quantitative estimate of drug-likeness (QED) is 0.651. The number of nitrogens with zero attached hydrogens (tertiary/aromatic N) is 3. The Kier molecular flexibility index (Phi) is 6.59. The summed E-state index contributed by atoms with van der Waals surface area (Å²) in [4.78, 5) is 29.6. The van der Waals surface area contributed by atoms with Crippen molar-refractivity contribution in [1.82, 2.24) is 14.8 Å². The predicted octanol–water partition coefficient (Wildman–Crippen LogP) is 3.56. The summed E-state index contributed by atoms with van der Waals surface area (Å²) < 4.78 is 2.08. The minimum Gasteiger partial charge on any atom is -0.368 e. The van der Waals surface area contributed by atoms with Crippen LogP contribution in [0.5, 0.6) is 0 Å². The predicted molar refractivity (Wildman–Crippen MR) is 127 cm³/mol. The molecule has 32 heavy (non-hydrogen) atoms. The van der Waals surface area contributed by atoms with Gasteiger partial charge in [0.2, 0.25) is 5.91 Å². The van der Waals surface area contributed by atoms with E-state index in [1.807, 2.05) is 73.3 Å². The lowest BCUT2D eigenvalue weighted by molar-refractivity contribution is -0.131. The van der Waals surface area contributed by atoms with Crippen LogP contribution in [0.25, 0.3) is 5.69 Å². The molecule has 1 N–H and O–H groups in total. The van der Waals surface area contributed by atoms with Gasteiger partial charge in [-0.25, -0.2) is 0 Å². The second-order valence-electron chi connectivity index (χ2n) is 8.17. The number of anilines is 1. The van der Waals surface area contributed by atoms with Gasteiger partial charge < -0.3 is 19.7 Å². The van der Waals surface area contributed by atoms with Gasteiger partial charge in [-0.3, -0.25) is 9.59 Å². The maximum absolute atomic E-state index is 12.8. The molecule has 2 aromatic carbocycles. The summed E-state index contributed by atoms with van der Waals surface area (Å²) in [6.07, 6.45) is 0.314. The molecule has 1 aliphatic heterocycles. The lowest BCUT2D eigenvalue weighted by atomic mass is 10.2. The fraction of sp³-hybridized carbons (Fsp3) is 0.308. The summed E-state index contributed by atoms with van der Waals surface area (Å²) in [7, 11) is 0. The third-order valence-electron chi connectivity index (χ3n) is 6.07. The molecule has 6 heteroatoms. The molecule has 4 rings (SSSR count). The Morgan fingerprint density at radius 1 is 0.844 bits per heavy atom. The first-order valence-electron chi connectivity index (χ1n) is 11.1. The lowest BCUT2D eigenvalue weighted by Crippen LogP contribution is -2.49. The van der Waals surface area contributed by atoms with Gasteiger partial charge in [-0.05, 0) is 44.2 Å². The van der Waals surface area contributed by atoms with Crippen molar-refractivity contribution in [3.8, 4) is 5.69 Å². The molecule has 3 aromatic rings. The number of hydrogen-bond acceptors (Lipinski definition) is 3. The SMILES string of the molecule is Cc1cc(C(=O)NCCC(=O)N2CCN(c3ccccc3)CC2)c(C)n1-c1ccccc1. The molecule has 1 aliphatic rings. The smallest absolute Gasteiger partial charge is 0.253 e. The van der Waals surface area contributed by atoms with Crippen LogP contribution >= 0.6 is 0 Å². The standard InChI is InChI=1S/C26H30N4O2/c1-20-19-24(21(2)30(20)23-11-7-4-8-12-23)26(32)27-14-13-25(31)29-17-15-28(16-18-29)22-9-5-3-6-10-22/h3-12,19H,13-18H2,1-2H3,(H,27,32). The summed E-state index contributed by atoms with van der Waals surface area (Å²) >= 11 is 0. The average molecular weight is 431 g/mol. The minimum atomic E-state index is -0.137. The highest BCUT2D eigenvalue weighted by Crippen LogP contribution is 2.21. The summed E-state index contributed by atoms with van der Waals surface area (Å²) in [6, 6.07) is 22.2. The van der Waals surface area contributed by atoms with Gasteiger partial charge in [-0.2, -0.15) is 0 Å². The van der Waals surface area contributed by atoms with E-state index in [9.17, 15) is 9.59 Å². The van der Waals surface area contributed by atoms with Crippen molar-refractivity contribution in [1.29, 1.82) is 0 Å². The molecule has 2 amide bonds. The zero-order valence-corrected chi connectivity index (χ0v) is 18.8. The molecule has 0 bridgehead atoms. The lowest BCUT2D eigenvalue weighted by Gasteiger charge is -2.36. The number of benzene rings is 2. The first kappa shape index (κ1) is 21.7. The van der Waals surface area contributed by atoms with Crippen molar-refractivity contribution < 1.29 is 9.59 Å². The van der Waals surface area contributed by atoms with E-state index in [-0.39, 0.29) is 11.8 Å². The van der Waals surface area contributed by atoms with Crippen molar-refractivity contribution in [3.63, 3.8) is 0 Å². The topological polar surface area (TPSA) is 57.6 Å². The van der Waals surface area contributed by atoms with Gasteiger partial charge >= 0.3 is 0 Å². The molecular formula is C26H30N4O2. The third kappa shape index (κ3) is 4.69. The van der Waals surface area contributed by atoms with Crippen LogP contribution in [0.3, 0.4) is 0 Å². The molecule has 0 saturated carbocycles. The van der Waals surface area contributed by atoms with Gasteiger partial charge in [-0.1, -0.05) is 36.4 Å². The number of para-hydroxylation sites is 2. The van der Waals surface area contributed by atoms with Crippen LogP contribution in [0.2, 0.25) is 0 Å². The van der Waals surface area contributed by atoms with Crippen LogP contribution < -0.4 is 10.2 Å². The van der Waals surface area contributed by atoms with Gasteiger partial charge in [0.15, 0.2) is 0 Å². The molecule has 166 valence electrons. The van der Waals surface area contributed by atoms with E-state index in [2.05, 4.69) is 26.9 Å². The molecule has 0 radical (unpaired) electrons. The molecule has 1 aromatic heterocycles. The number of nitrogens with one attached hydrogen (secondary N) is 1. The fourth-order valence-electron chi connectivity index (χ4n) is 4.36. The van der Waals surface area contributed by atoms with Gasteiger partial charge in [0.25, 0.3) is 5.91 Å². The molecule has 6 nitrogen and oxygen atoms in total. The number of piperazine rings is 1. The summed E-state index contributed by atoms with van der Waals surface area (Å²) in [5.41, 5.74) is 4.78. The van der Waals surface area contributed by atoms with E-state index in [1.165, 1.54) is 5.69 Å². The molecule has 0 atom stereocenters. The molecule has 0 spiro atoms. The van der Waals surface area contributed by atoms with Gasteiger partial charge in [0, 0.05) is 61.9 Å². The number of hydrogen-bond donors (Lipinski definition) is 1. The Morgan fingerprint density at radius 2 is 1.44 bits per heavy atom. The second-order valence-corrected chi connectivity index (χ2v) is 8.17. The average Bonchev–Trinajstić information content (AvgIpc) is 3.14. The zero-order chi connectivity index (χ0) is 22.5. The van der Waals surface area contributed by atoms with Gasteiger partial charge in [0.05, 0.1) is 5.56 Å². The Labute approximate surface area is 189 Å². The molecule has 0 aliphatic carbocycles. The van der Waals surface area contributed by atoms with E-state index in [1.54, 1.807) is 0 Å². The van der Waals surface area contributed by atoms with Gasteiger partial charge in [-0.15, -0.1) is 0 Å². The minimum absolute atomic E-state index is 0.0905. The molecule has 1 saturated heterocycles. The van der Waals surface area contributed by atoms with Crippen LogP contribution in [0.4, 0.5) is 5.69 Å². The van der Waals surface area contributed by atoms with E-state index >= 15 is 0 Å². The third-order valence-corrected chi connectivity index (χ3v) is 6.07. The highest BCUT2D eigenvalue weighted by molar-refractivity contribution is 5.96. The van der Waals surface area contributed by atoms with Crippen molar-refractivity contribution in [2.45, 2.75) is 20.3 Å². The monoisotopic (exact) mass is 430 g/mol. The van der Waals surface area contributed by atoms with Gasteiger partial charge in [0.1, 0.15) is 0 Å². The molecule has 1 fully saturated rings. The summed E-state index contributed by atoms with van der Waals surface area (Å²) in [5, 5.41) is 2.93. The number of aryl methyl sites for hydroxylation is 1. The largest absolute Gasteiger partial charge is 0.368 e. The van der Waals surface area contributed by atoms with Crippen molar-refractivity contribution >= 4 is 17.5 Å². The normalized spacial score (nSPS) is 13.8. The van der Waals surface area contributed by atoms with Crippen molar-refractivity contribution in [2.75, 3.05) is 37.6 Å². The Morgan fingerprint density at radius 3 is 2.06 bits per heavy atom. The first-order valence-corrected chi connectivity index (χ1v) is 11.1. The van der Waals surface area contributed by atoms with Crippen LogP contribution in [-0.2, 0) is 4.79 Å². The zero-order valence-electron chi connectivity index (χ0n) is 18.8. The summed E-state index contributed by atoms with van der Waals surface area (Å²) in [6.45, 7) is 7.36. The highest BCUT2D eigenvalue weighted by Gasteiger charge is 2.22. The Balaban J connectivity index is 1.28. The maximum atomic E-state index is 12.8. The van der Waals surface area contributed by atoms with Crippen molar-refractivity contribution in [3.05, 3.63) is 83.7 Å². The molecule has 2 heterocycles. The van der Waals surface area contributed by atoms with Crippen LogP contribution in [0.15, 0.2) is 66.7 Å². The van der Waals surface area contributed by atoms with Crippen LogP contribution in [-0.4, -0.2) is 54.0 Å². The molecular weight excluding hydrogens is 400 g/mol. The number of amides is 2. The van der Waals surface area contributed by atoms with E-state index in [4.69, 9.17) is 0 Å². The highest BCUT2D eigenvalue weighted by atomic mass is 16.2. The Bertz CT molecular complexity index is 1070. The fourth-order valence-corrected chi connectivity index (χ4v) is 4.36. The number of aromatic nitrogens is 1. The number of carbonyl (C=O) groups excluding carboxylic acids is 2.